The van der Waals surface area contributed by atoms with Gasteiger partial charge < -0.3 is 16.6 Å². The van der Waals surface area contributed by atoms with Gasteiger partial charge in [0, 0.05) is 24.7 Å². The summed E-state index contributed by atoms with van der Waals surface area (Å²) in [7, 11) is 0. The Morgan fingerprint density at radius 1 is 1.24 bits per heavy atom. The van der Waals surface area contributed by atoms with Gasteiger partial charge in [0.15, 0.2) is 5.78 Å². The molecule has 2 rings (SSSR count). The number of carbonyl (C=O) groups is 1. The second kappa shape index (κ2) is 7.08. The van der Waals surface area contributed by atoms with E-state index in [1.54, 1.807) is 6.20 Å². The number of nitrogens with zero attached hydrogens (tertiary/aromatic N) is 1. The molecule has 0 aliphatic rings. The van der Waals surface area contributed by atoms with Gasteiger partial charge in [-0.05, 0) is 23.8 Å². The van der Waals surface area contributed by atoms with Crippen molar-refractivity contribution in [1.82, 2.24) is 4.98 Å². The average Bonchev–Trinajstić information content (AvgIpc) is 2.54. The molecule has 1 heterocycles. The van der Waals surface area contributed by atoms with E-state index in [4.69, 9.17) is 11.5 Å². The molecule has 2 aromatic rings. The van der Waals surface area contributed by atoms with E-state index in [1.807, 2.05) is 42.5 Å². The number of aliphatic hydroxyl groups is 1. The molecule has 1 aromatic heterocycles. The fraction of sp³-hybridized carbons (Fsp3) is 0.250. The van der Waals surface area contributed by atoms with Crippen LogP contribution in [0.4, 0.5) is 0 Å². The minimum absolute atomic E-state index is 0.0269. The molecule has 110 valence electrons. The van der Waals surface area contributed by atoms with Gasteiger partial charge in [-0.3, -0.25) is 9.78 Å². The molecule has 0 bridgehead atoms. The SMILES string of the molecule is NCC(O)C(N)C(=O)Cc1cccc(-c2ccccn2)c1. The number of benzene rings is 1. The summed E-state index contributed by atoms with van der Waals surface area (Å²) in [6.45, 7) is -0.0269. The second-order valence-corrected chi connectivity index (χ2v) is 4.89. The highest BCUT2D eigenvalue weighted by Gasteiger charge is 2.21. The zero-order valence-corrected chi connectivity index (χ0v) is 11.6. The molecule has 2 unspecified atom stereocenters. The third-order valence-electron chi connectivity index (χ3n) is 3.29. The van der Waals surface area contributed by atoms with Crippen molar-refractivity contribution in [1.29, 1.82) is 0 Å². The second-order valence-electron chi connectivity index (χ2n) is 4.89. The molecule has 0 aliphatic carbocycles. The maximum atomic E-state index is 12.0. The van der Waals surface area contributed by atoms with Crippen LogP contribution in [0.1, 0.15) is 5.56 Å². The van der Waals surface area contributed by atoms with Crippen LogP contribution in [0.15, 0.2) is 48.7 Å². The van der Waals surface area contributed by atoms with Crippen LogP contribution in [0.3, 0.4) is 0 Å². The first-order valence-corrected chi connectivity index (χ1v) is 6.78. The molecule has 2 atom stereocenters. The number of aliphatic hydroxyl groups excluding tert-OH is 1. The summed E-state index contributed by atoms with van der Waals surface area (Å²) in [6, 6.07) is 12.3. The Balaban J connectivity index is 2.13. The van der Waals surface area contributed by atoms with Crippen LogP contribution in [-0.4, -0.2) is 34.6 Å². The summed E-state index contributed by atoms with van der Waals surface area (Å²) in [4.78, 5) is 16.3. The van der Waals surface area contributed by atoms with Gasteiger partial charge in [-0.15, -0.1) is 0 Å². The first kappa shape index (κ1) is 15.3. The van der Waals surface area contributed by atoms with E-state index < -0.39 is 12.1 Å². The first-order chi connectivity index (χ1) is 10.1. The monoisotopic (exact) mass is 285 g/mol. The molecule has 0 aliphatic heterocycles. The molecule has 0 radical (unpaired) electrons. The lowest BCUT2D eigenvalue weighted by Crippen LogP contribution is -2.46. The number of hydrogen-bond acceptors (Lipinski definition) is 5. The number of Topliss-reactive ketones (excluding diaryl/α,β-unsaturated/α-hetero) is 1. The van der Waals surface area contributed by atoms with Crippen LogP contribution in [0, 0.1) is 0 Å². The number of carbonyl (C=O) groups excluding carboxylic acids is 1. The normalized spacial score (nSPS) is 13.7. The summed E-state index contributed by atoms with van der Waals surface area (Å²) >= 11 is 0. The largest absolute Gasteiger partial charge is 0.390 e. The van der Waals surface area contributed by atoms with Gasteiger partial charge >= 0.3 is 0 Å². The van der Waals surface area contributed by atoms with Crippen LogP contribution >= 0.6 is 0 Å². The van der Waals surface area contributed by atoms with E-state index in [2.05, 4.69) is 4.98 Å². The molecule has 5 nitrogen and oxygen atoms in total. The number of pyridine rings is 1. The third-order valence-corrected chi connectivity index (χ3v) is 3.29. The Labute approximate surface area is 123 Å². The standard InChI is InChI=1S/C16H19N3O2/c17-10-15(21)16(18)14(20)9-11-4-3-5-12(8-11)13-6-1-2-7-19-13/h1-8,15-16,21H,9-10,17-18H2. The lowest BCUT2D eigenvalue weighted by Gasteiger charge is -2.15. The van der Waals surface area contributed by atoms with Gasteiger partial charge in [0.05, 0.1) is 17.8 Å². The minimum atomic E-state index is -1.00. The third kappa shape index (κ3) is 3.95. The number of rotatable bonds is 6. The zero-order valence-electron chi connectivity index (χ0n) is 11.6. The fourth-order valence-electron chi connectivity index (χ4n) is 2.05. The summed E-state index contributed by atoms with van der Waals surface area (Å²) < 4.78 is 0. The van der Waals surface area contributed by atoms with Gasteiger partial charge in [0.2, 0.25) is 0 Å². The maximum absolute atomic E-state index is 12.0. The molecule has 0 saturated heterocycles. The van der Waals surface area contributed by atoms with Crippen molar-refractivity contribution in [2.75, 3.05) is 6.54 Å². The predicted molar refractivity (Wildman–Crippen MR) is 81.4 cm³/mol. The lowest BCUT2D eigenvalue weighted by molar-refractivity contribution is -0.121. The van der Waals surface area contributed by atoms with Crippen LogP contribution in [0.5, 0.6) is 0 Å². The minimum Gasteiger partial charge on any atom is -0.390 e. The van der Waals surface area contributed by atoms with Crippen molar-refractivity contribution in [3.63, 3.8) is 0 Å². The van der Waals surface area contributed by atoms with E-state index in [-0.39, 0.29) is 18.7 Å². The molecule has 5 heteroatoms. The van der Waals surface area contributed by atoms with Crippen LogP contribution in [-0.2, 0) is 11.2 Å². The number of aromatic nitrogens is 1. The van der Waals surface area contributed by atoms with E-state index in [1.165, 1.54) is 0 Å². The molecule has 1 aromatic carbocycles. The highest BCUT2D eigenvalue weighted by molar-refractivity contribution is 5.86. The summed E-state index contributed by atoms with van der Waals surface area (Å²) in [5.41, 5.74) is 13.6. The van der Waals surface area contributed by atoms with Crippen LogP contribution < -0.4 is 11.5 Å². The van der Waals surface area contributed by atoms with Crippen molar-refractivity contribution < 1.29 is 9.90 Å². The van der Waals surface area contributed by atoms with Gasteiger partial charge in [-0.2, -0.15) is 0 Å². The van der Waals surface area contributed by atoms with E-state index in [9.17, 15) is 9.90 Å². The average molecular weight is 285 g/mol. The molecule has 21 heavy (non-hydrogen) atoms. The molecule has 0 amide bonds. The zero-order chi connectivity index (χ0) is 15.2. The smallest absolute Gasteiger partial charge is 0.156 e. The number of nitrogens with two attached hydrogens (primary N) is 2. The van der Waals surface area contributed by atoms with Crippen molar-refractivity contribution >= 4 is 5.78 Å². The molecule has 0 spiro atoms. The Morgan fingerprint density at radius 3 is 2.71 bits per heavy atom. The van der Waals surface area contributed by atoms with Gasteiger partial charge in [0.25, 0.3) is 0 Å². The quantitative estimate of drug-likeness (QED) is 0.717. The van der Waals surface area contributed by atoms with Crippen molar-refractivity contribution in [3.8, 4) is 11.3 Å². The molecule has 0 fully saturated rings. The Kier molecular flexibility index (Phi) is 5.16. The summed E-state index contributed by atoms with van der Waals surface area (Å²) in [6.07, 6.45) is 0.885. The van der Waals surface area contributed by atoms with Gasteiger partial charge in [-0.1, -0.05) is 24.3 Å². The first-order valence-electron chi connectivity index (χ1n) is 6.78. The van der Waals surface area contributed by atoms with Crippen molar-refractivity contribution in [2.45, 2.75) is 18.6 Å². The molecule has 0 saturated carbocycles. The van der Waals surface area contributed by atoms with E-state index in [0.29, 0.717) is 0 Å². The lowest BCUT2D eigenvalue weighted by atomic mass is 9.98. The Bertz CT molecular complexity index is 601. The fourth-order valence-corrected chi connectivity index (χ4v) is 2.05. The highest BCUT2D eigenvalue weighted by Crippen LogP contribution is 2.18. The van der Waals surface area contributed by atoms with Crippen LogP contribution in [0.25, 0.3) is 11.3 Å². The maximum Gasteiger partial charge on any atom is 0.156 e. The Hall–Kier alpha value is -2.08. The molecular weight excluding hydrogens is 266 g/mol. The van der Waals surface area contributed by atoms with Gasteiger partial charge in [0.1, 0.15) is 0 Å². The number of ketones is 1. The topological polar surface area (TPSA) is 102 Å². The summed E-state index contributed by atoms with van der Waals surface area (Å²) in [5, 5.41) is 9.53. The summed E-state index contributed by atoms with van der Waals surface area (Å²) in [5.74, 6) is -0.230. The van der Waals surface area contributed by atoms with Crippen molar-refractivity contribution in [2.24, 2.45) is 11.5 Å². The van der Waals surface area contributed by atoms with Gasteiger partial charge in [-0.25, -0.2) is 0 Å². The van der Waals surface area contributed by atoms with Crippen LogP contribution in [0.2, 0.25) is 0 Å². The van der Waals surface area contributed by atoms with Crippen molar-refractivity contribution in [3.05, 3.63) is 54.2 Å². The van der Waals surface area contributed by atoms with E-state index >= 15 is 0 Å². The van der Waals surface area contributed by atoms with E-state index in [0.717, 1.165) is 16.8 Å². The molecule has 5 N–H and O–H groups in total. The highest BCUT2D eigenvalue weighted by atomic mass is 16.3. The molecular formula is C16H19N3O2. The Morgan fingerprint density at radius 2 is 2.05 bits per heavy atom. The predicted octanol–water partition coefficient (Wildman–Crippen LogP) is 0.507. The number of hydrogen-bond donors (Lipinski definition) is 3.